The third kappa shape index (κ3) is 4.30. The molecule has 2 atom stereocenters. The van der Waals surface area contributed by atoms with Crippen molar-refractivity contribution in [2.45, 2.75) is 38.4 Å². The molecule has 0 spiro atoms. The minimum atomic E-state index is -0.774. The van der Waals surface area contributed by atoms with E-state index in [4.69, 9.17) is 4.42 Å². The molecule has 1 aromatic heterocycles. The molecule has 0 saturated carbocycles. The molecule has 1 aliphatic rings. The number of carbonyl (C=O) groups is 3. The largest absolute Gasteiger partial charge is 0.506 e. The van der Waals surface area contributed by atoms with Gasteiger partial charge in [0.2, 0.25) is 11.8 Å². The van der Waals surface area contributed by atoms with Gasteiger partial charge in [0.1, 0.15) is 23.6 Å². The Morgan fingerprint density at radius 1 is 1.16 bits per heavy atom. The fraction of sp³-hybridized carbons (Fsp3) is 0.292. The van der Waals surface area contributed by atoms with E-state index in [9.17, 15) is 19.5 Å². The quantitative estimate of drug-likeness (QED) is 0.551. The predicted octanol–water partition coefficient (Wildman–Crippen LogP) is 2.56. The van der Waals surface area contributed by atoms with Crippen molar-refractivity contribution in [2.75, 3.05) is 6.54 Å². The fourth-order valence-corrected chi connectivity index (χ4v) is 3.98. The second-order valence-corrected chi connectivity index (χ2v) is 7.87. The first-order chi connectivity index (χ1) is 15.5. The summed E-state index contributed by atoms with van der Waals surface area (Å²) in [4.78, 5) is 39.8. The lowest BCUT2D eigenvalue weighted by molar-refractivity contribution is -0.130. The average Bonchev–Trinajstić information content (AvgIpc) is 3.49. The van der Waals surface area contributed by atoms with Crippen LogP contribution in [0.4, 0.5) is 0 Å². The molecular formula is C24H25N3O5. The Bertz CT molecular complexity index is 1140. The number of benzene rings is 2. The monoisotopic (exact) mass is 435 g/mol. The van der Waals surface area contributed by atoms with E-state index in [-0.39, 0.29) is 23.8 Å². The molecule has 8 heteroatoms. The van der Waals surface area contributed by atoms with Gasteiger partial charge >= 0.3 is 0 Å². The van der Waals surface area contributed by atoms with Gasteiger partial charge in [-0.3, -0.25) is 14.4 Å². The SMILES string of the molecule is CC(NC(=O)C1CCCN1C(=O)c1ccc2ccccc2c1O)C(=O)NCc1ccco1. The van der Waals surface area contributed by atoms with Gasteiger partial charge in [0.15, 0.2) is 0 Å². The van der Waals surface area contributed by atoms with Gasteiger partial charge in [-0.25, -0.2) is 0 Å². The highest BCUT2D eigenvalue weighted by Crippen LogP contribution is 2.31. The van der Waals surface area contributed by atoms with Crippen molar-refractivity contribution in [3.8, 4) is 5.75 Å². The molecule has 166 valence electrons. The normalized spacial score (nSPS) is 16.7. The Kier molecular flexibility index (Phi) is 6.11. The van der Waals surface area contributed by atoms with Crippen molar-refractivity contribution in [2.24, 2.45) is 0 Å². The molecule has 0 bridgehead atoms. The number of rotatable bonds is 6. The second-order valence-electron chi connectivity index (χ2n) is 7.87. The van der Waals surface area contributed by atoms with Crippen molar-refractivity contribution >= 4 is 28.5 Å². The molecule has 4 rings (SSSR count). The van der Waals surface area contributed by atoms with E-state index in [1.807, 2.05) is 12.1 Å². The third-order valence-electron chi connectivity index (χ3n) is 5.72. The van der Waals surface area contributed by atoms with Crippen LogP contribution in [0.25, 0.3) is 10.8 Å². The van der Waals surface area contributed by atoms with Crippen LogP contribution in [-0.4, -0.2) is 46.4 Å². The Hall–Kier alpha value is -3.81. The standard InChI is InChI=1S/C24H25N3O5/c1-15(22(29)25-14-17-7-5-13-32-17)26-23(30)20-9-4-12-27(20)24(31)19-11-10-16-6-2-3-8-18(16)21(19)28/h2-3,5-8,10-11,13,15,20,28H,4,9,12,14H2,1H3,(H,25,29)(H,26,30). The maximum absolute atomic E-state index is 13.2. The zero-order chi connectivity index (χ0) is 22.7. The molecule has 3 N–H and O–H groups in total. The molecule has 2 unspecified atom stereocenters. The lowest BCUT2D eigenvalue weighted by Crippen LogP contribution is -2.52. The third-order valence-corrected chi connectivity index (χ3v) is 5.72. The van der Waals surface area contributed by atoms with Crippen LogP contribution >= 0.6 is 0 Å². The molecule has 2 heterocycles. The van der Waals surface area contributed by atoms with E-state index in [2.05, 4.69) is 10.6 Å². The highest BCUT2D eigenvalue weighted by molar-refractivity contribution is 6.05. The minimum absolute atomic E-state index is 0.0927. The highest BCUT2D eigenvalue weighted by Gasteiger charge is 2.36. The van der Waals surface area contributed by atoms with Gasteiger partial charge in [0.05, 0.1) is 18.4 Å². The van der Waals surface area contributed by atoms with Crippen LogP contribution in [0.3, 0.4) is 0 Å². The maximum Gasteiger partial charge on any atom is 0.258 e. The van der Waals surface area contributed by atoms with E-state index in [1.54, 1.807) is 43.3 Å². The summed E-state index contributed by atoms with van der Waals surface area (Å²) in [5, 5.41) is 17.5. The minimum Gasteiger partial charge on any atom is -0.506 e. The molecule has 3 aromatic rings. The van der Waals surface area contributed by atoms with Crippen molar-refractivity contribution < 1.29 is 23.9 Å². The Labute approximate surface area is 185 Å². The first kappa shape index (κ1) is 21.4. The summed E-state index contributed by atoms with van der Waals surface area (Å²) in [6, 6.07) is 12.6. The summed E-state index contributed by atoms with van der Waals surface area (Å²) >= 11 is 0. The van der Waals surface area contributed by atoms with Crippen molar-refractivity contribution in [3.63, 3.8) is 0 Å². The topological polar surface area (TPSA) is 112 Å². The molecule has 1 fully saturated rings. The van der Waals surface area contributed by atoms with Crippen LogP contribution in [0.5, 0.6) is 5.75 Å². The summed E-state index contributed by atoms with van der Waals surface area (Å²) in [5.41, 5.74) is 0.160. The van der Waals surface area contributed by atoms with E-state index >= 15 is 0 Å². The van der Waals surface area contributed by atoms with Gasteiger partial charge in [-0.1, -0.05) is 30.3 Å². The van der Waals surface area contributed by atoms with Gasteiger partial charge in [0, 0.05) is 11.9 Å². The smallest absolute Gasteiger partial charge is 0.258 e. The number of nitrogens with zero attached hydrogens (tertiary/aromatic N) is 1. The zero-order valence-electron chi connectivity index (χ0n) is 17.7. The number of phenolic OH excluding ortho intramolecular Hbond substituents is 1. The van der Waals surface area contributed by atoms with E-state index in [0.29, 0.717) is 30.5 Å². The molecule has 2 aromatic carbocycles. The van der Waals surface area contributed by atoms with Gasteiger partial charge < -0.3 is 25.1 Å². The number of aromatic hydroxyl groups is 1. The summed E-state index contributed by atoms with van der Waals surface area (Å²) < 4.78 is 5.18. The van der Waals surface area contributed by atoms with Crippen LogP contribution in [-0.2, 0) is 16.1 Å². The number of hydrogen-bond donors (Lipinski definition) is 3. The lowest BCUT2D eigenvalue weighted by atomic mass is 10.0. The fourth-order valence-electron chi connectivity index (χ4n) is 3.98. The summed E-state index contributed by atoms with van der Waals surface area (Å²) in [6.07, 6.45) is 2.68. The van der Waals surface area contributed by atoms with Crippen LogP contribution < -0.4 is 10.6 Å². The van der Waals surface area contributed by atoms with E-state index in [0.717, 1.165) is 5.39 Å². The van der Waals surface area contributed by atoms with Crippen molar-refractivity contribution in [1.82, 2.24) is 15.5 Å². The van der Waals surface area contributed by atoms with Gasteiger partial charge in [-0.15, -0.1) is 0 Å². The predicted molar refractivity (Wildman–Crippen MR) is 118 cm³/mol. The lowest BCUT2D eigenvalue weighted by Gasteiger charge is -2.26. The summed E-state index contributed by atoms with van der Waals surface area (Å²) in [5.74, 6) is -0.625. The molecule has 32 heavy (non-hydrogen) atoms. The Morgan fingerprint density at radius 3 is 2.75 bits per heavy atom. The second kappa shape index (κ2) is 9.13. The molecule has 0 aliphatic carbocycles. The number of nitrogens with one attached hydrogen (secondary N) is 2. The molecule has 8 nitrogen and oxygen atoms in total. The number of fused-ring (bicyclic) bond motifs is 1. The number of phenols is 1. The maximum atomic E-state index is 13.2. The number of hydrogen-bond acceptors (Lipinski definition) is 5. The average molecular weight is 435 g/mol. The Morgan fingerprint density at radius 2 is 1.97 bits per heavy atom. The number of carbonyl (C=O) groups excluding carboxylic acids is 3. The number of amides is 3. The van der Waals surface area contributed by atoms with Gasteiger partial charge in [-0.2, -0.15) is 0 Å². The van der Waals surface area contributed by atoms with Crippen LogP contribution in [0.15, 0.2) is 59.2 Å². The van der Waals surface area contributed by atoms with E-state index in [1.165, 1.54) is 11.2 Å². The van der Waals surface area contributed by atoms with Crippen LogP contribution in [0, 0.1) is 0 Å². The first-order valence-corrected chi connectivity index (χ1v) is 10.6. The molecule has 0 radical (unpaired) electrons. The van der Waals surface area contributed by atoms with Crippen LogP contribution in [0.2, 0.25) is 0 Å². The molecule has 1 aliphatic heterocycles. The number of furan rings is 1. The Balaban J connectivity index is 1.42. The summed E-state index contributed by atoms with van der Waals surface area (Å²) in [6.45, 7) is 2.22. The first-order valence-electron chi connectivity index (χ1n) is 10.6. The highest BCUT2D eigenvalue weighted by atomic mass is 16.3. The summed E-state index contributed by atoms with van der Waals surface area (Å²) in [7, 11) is 0. The van der Waals surface area contributed by atoms with Gasteiger partial charge in [-0.05, 0) is 43.4 Å². The van der Waals surface area contributed by atoms with E-state index < -0.39 is 23.9 Å². The van der Waals surface area contributed by atoms with Crippen LogP contribution in [0.1, 0.15) is 35.9 Å². The van der Waals surface area contributed by atoms with Crippen molar-refractivity contribution in [1.29, 1.82) is 0 Å². The molecular weight excluding hydrogens is 410 g/mol. The van der Waals surface area contributed by atoms with Crippen molar-refractivity contribution in [3.05, 3.63) is 66.1 Å². The van der Waals surface area contributed by atoms with Gasteiger partial charge in [0.25, 0.3) is 5.91 Å². The molecule has 3 amide bonds. The number of likely N-dealkylation sites (tertiary alicyclic amines) is 1. The molecule has 1 saturated heterocycles. The zero-order valence-corrected chi connectivity index (χ0v) is 17.7.